The molecule has 0 aliphatic heterocycles. The summed E-state index contributed by atoms with van der Waals surface area (Å²) < 4.78 is 0. The molecule has 31 heavy (non-hydrogen) atoms. The van der Waals surface area contributed by atoms with Crippen LogP contribution >= 0.6 is 0 Å². The highest BCUT2D eigenvalue weighted by Gasteiger charge is 2.02. The maximum absolute atomic E-state index is 2.39. The van der Waals surface area contributed by atoms with E-state index in [1.54, 1.807) is 0 Å². The van der Waals surface area contributed by atoms with Crippen molar-refractivity contribution < 1.29 is 0 Å². The molecule has 0 spiro atoms. The zero-order chi connectivity index (χ0) is 21.5. The quantitative estimate of drug-likeness (QED) is 0.230. The molecule has 0 nitrogen and oxygen atoms in total. The summed E-state index contributed by atoms with van der Waals surface area (Å²) in [5, 5.41) is 5.53. The summed E-state index contributed by atoms with van der Waals surface area (Å²) in [6.07, 6.45) is 11.0. The maximum Gasteiger partial charge on any atom is -0.0181 e. The lowest BCUT2D eigenvalue weighted by Gasteiger charge is -2.07. The molecule has 0 saturated carbocycles. The van der Waals surface area contributed by atoms with Gasteiger partial charge < -0.3 is 0 Å². The highest BCUT2D eigenvalue weighted by Crippen LogP contribution is 2.22. The fraction of sp³-hybridized carbons (Fsp3) is 0.355. The Morgan fingerprint density at radius 2 is 0.710 bits per heavy atom. The minimum atomic E-state index is 1.18. The van der Waals surface area contributed by atoms with Crippen molar-refractivity contribution in [3.63, 3.8) is 0 Å². The van der Waals surface area contributed by atoms with Gasteiger partial charge in [-0.15, -0.1) is 0 Å². The average Bonchev–Trinajstić information content (AvgIpc) is 2.79. The van der Waals surface area contributed by atoms with Crippen molar-refractivity contribution in [3.8, 4) is 0 Å². The average molecular weight is 409 g/mol. The van der Waals surface area contributed by atoms with Gasteiger partial charge in [-0.25, -0.2) is 0 Å². The smallest absolute Gasteiger partial charge is 0.0181 e. The zero-order valence-electron chi connectivity index (χ0n) is 19.3. The monoisotopic (exact) mass is 408 g/mol. The molecule has 160 valence electrons. The maximum atomic E-state index is 2.39. The van der Waals surface area contributed by atoms with Crippen molar-refractivity contribution in [2.45, 2.75) is 71.6 Å². The molecule has 0 aliphatic carbocycles. The molecular formula is C31H36. The SMILES string of the molecule is CCCc1ccc2cc(CCCCCc3ccc4cc(CCC)ccc4c3)ccc2c1. The molecule has 0 radical (unpaired) electrons. The Bertz CT molecular complexity index is 1040. The molecular weight excluding hydrogens is 372 g/mol. The van der Waals surface area contributed by atoms with Crippen molar-refractivity contribution in [2.24, 2.45) is 0 Å². The van der Waals surface area contributed by atoms with Crippen LogP contribution in [0.5, 0.6) is 0 Å². The first-order valence-electron chi connectivity index (χ1n) is 12.3. The normalized spacial score (nSPS) is 11.4. The van der Waals surface area contributed by atoms with Crippen LogP contribution in [-0.2, 0) is 25.7 Å². The summed E-state index contributed by atoms with van der Waals surface area (Å²) in [5.74, 6) is 0. The predicted octanol–water partition coefficient (Wildman–Crippen LogP) is 8.85. The minimum Gasteiger partial charge on any atom is -0.0651 e. The molecule has 0 fully saturated rings. The van der Waals surface area contributed by atoms with Crippen LogP contribution < -0.4 is 0 Å². The molecule has 0 N–H and O–H groups in total. The Hall–Kier alpha value is -2.60. The number of rotatable bonds is 10. The second-order valence-corrected chi connectivity index (χ2v) is 9.09. The third-order valence-corrected chi connectivity index (χ3v) is 6.45. The van der Waals surface area contributed by atoms with E-state index in [1.807, 2.05) is 0 Å². The lowest BCUT2D eigenvalue weighted by atomic mass is 9.98. The summed E-state index contributed by atoms with van der Waals surface area (Å²) in [7, 11) is 0. The van der Waals surface area contributed by atoms with Crippen LogP contribution in [0, 0.1) is 0 Å². The number of fused-ring (bicyclic) bond motifs is 2. The number of benzene rings is 4. The van der Waals surface area contributed by atoms with Gasteiger partial charge in [-0.2, -0.15) is 0 Å². The third kappa shape index (κ3) is 5.76. The van der Waals surface area contributed by atoms with Gasteiger partial charge in [0.2, 0.25) is 0 Å². The van der Waals surface area contributed by atoms with Gasteiger partial charge in [0.15, 0.2) is 0 Å². The van der Waals surface area contributed by atoms with E-state index in [4.69, 9.17) is 0 Å². The van der Waals surface area contributed by atoms with E-state index in [1.165, 1.54) is 102 Å². The molecule has 0 aromatic heterocycles. The van der Waals surface area contributed by atoms with Crippen molar-refractivity contribution in [1.82, 2.24) is 0 Å². The van der Waals surface area contributed by atoms with Crippen LogP contribution in [0.3, 0.4) is 0 Å². The molecule has 4 aromatic carbocycles. The highest BCUT2D eigenvalue weighted by atomic mass is 14.1. The molecule has 0 aliphatic rings. The molecule has 0 unspecified atom stereocenters. The van der Waals surface area contributed by atoms with Gasteiger partial charge in [-0.3, -0.25) is 0 Å². The van der Waals surface area contributed by atoms with Gasteiger partial charge in [0.25, 0.3) is 0 Å². The molecule has 0 amide bonds. The topological polar surface area (TPSA) is 0 Å². The van der Waals surface area contributed by atoms with Gasteiger partial charge in [0, 0.05) is 0 Å². The first-order valence-corrected chi connectivity index (χ1v) is 12.3. The number of aryl methyl sites for hydroxylation is 4. The predicted molar refractivity (Wildman–Crippen MR) is 137 cm³/mol. The lowest BCUT2D eigenvalue weighted by Crippen LogP contribution is -1.90. The van der Waals surface area contributed by atoms with Gasteiger partial charge in [0.05, 0.1) is 0 Å². The van der Waals surface area contributed by atoms with E-state index in [0.717, 1.165) is 0 Å². The van der Waals surface area contributed by atoms with Crippen molar-refractivity contribution in [2.75, 3.05) is 0 Å². The third-order valence-electron chi connectivity index (χ3n) is 6.45. The first-order chi connectivity index (χ1) is 15.2. The summed E-state index contributed by atoms with van der Waals surface area (Å²) in [5.41, 5.74) is 5.87. The van der Waals surface area contributed by atoms with Crippen LogP contribution in [0.25, 0.3) is 21.5 Å². The van der Waals surface area contributed by atoms with E-state index in [9.17, 15) is 0 Å². The molecule has 0 heteroatoms. The van der Waals surface area contributed by atoms with Gasteiger partial charge in [0.1, 0.15) is 0 Å². The summed E-state index contributed by atoms with van der Waals surface area (Å²) >= 11 is 0. The minimum absolute atomic E-state index is 1.18. The fourth-order valence-electron chi connectivity index (χ4n) is 4.72. The molecule has 4 aromatic rings. The van der Waals surface area contributed by atoms with Crippen molar-refractivity contribution in [1.29, 1.82) is 0 Å². The Kier molecular flexibility index (Phi) is 7.41. The summed E-state index contributed by atoms with van der Waals surface area (Å²) in [6.45, 7) is 4.49. The van der Waals surface area contributed by atoms with E-state index in [2.05, 4.69) is 86.6 Å². The van der Waals surface area contributed by atoms with Gasteiger partial charge in [-0.05, 0) is 82.3 Å². The summed E-state index contributed by atoms with van der Waals surface area (Å²) in [6, 6.07) is 28.0. The fourth-order valence-corrected chi connectivity index (χ4v) is 4.72. The van der Waals surface area contributed by atoms with Gasteiger partial charge >= 0.3 is 0 Å². The second-order valence-electron chi connectivity index (χ2n) is 9.09. The van der Waals surface area contributed by atoms with Crippen molar-refractivity contribution in [3.05, 3.63) is 95.1 Å². The number of hydrogen-bond donors (Lipinski definition) is 0. The molecule has 0 atom stereocenters. The van der Waals surface area contributed by atoms with Gasteiger partial charge in [-0.1, -0.05) is 106 Å². The standard InChI is InChI=1S/C31H36/c1-3-8-24-12-16-30-22-26(14-18-28(30)20-24)10-6-5-7-11-27-15-19-29-21-25(9-4-2)13-17-31(29)23-27/h12-23H,3-11H2,1-2H3. The largest absolute Gasteiger partial charge is 0.0651 e. The molecule has 0 bridgehead atoms. The van der Waals surface area contributed by atoms with Crippen LogP contribution in [0.1, 0.15) is 68.2 Å². The molecule has 0 heterocycles. The Balaban J connectivity index is 1.27. The number of hydrogen-bond acceptors (Lipinski definition) is 0. The van der Waals surface area contributed by atoms with Crippen LogP contribution in [-0.4, -0.2) is 0 Å². The zero-order valence-corrected chi connectivity index (χ0v) is 19.3. The second kappa shape index (κ2) is 10.6. The summed E-state index contributed by atoms with van der Waals surface area (Å²) in [4.78, 5) is 0. The van der Waals surface area contributed by atoms with Crippen molar-refractivity contribution >= 4 is 21.5 Å². The van der Waals surface area contributed by atoms with Crippen LogP contribution in [0.15, 0.2) is 72.8 Å². The number of unbranched alkanes of at least 4 members (excludes halogenated alkanes) is 2. The van der Waals surface area contributed by atoms with E-state index in [-0.39, 0.29) is 0 Å². The van der Waals surface area contributed by atoms with E-state index >= 15 is 0 Å². The van der Waals surface area contributed by atoms with E-state index in [0.29, 0.717) is 0 Å². The lowest BCUT2D eigenvalue weighted by molar-refractivity contribution is 0.679. The Morgan fingerprint density at radius 3 is 1.03 bits per heavy atom. The Morgan fingerprint density at radius 1 is 0.387 bits per heavy atom. The first kappa shape index (κ1) is 21.6. The highest BCUT2D eigenvalue weighted by molar-refractivity contribution is 5.84. The Labute approximate surface area is 188 Å². The molecule has 4 rings (SSSR count). The van der Waals surface area contributed by atoms with Crippen LogP contribution in [0.4, 0.5) is 0 Å². The van der Waals surface area contributed by atoms with E-state index < -0.39 is 0 Å². The molecule has 0 saturated heterocycles. The van der Waals surface area contributed by atoms with Crippen LogP contribution in [0.2, 0.25) is 0 Å².